The zero-order chi connectivity index (χ0) is 33.0. The molecule has 3 aromatic rings. The largest absolute Gasteiger partial charge is 0.490 e. The average Bonchev–Trinajstić information content (AvgIpc) is 2.92. The highest BCUT2D eigenvalue weighted by atomic mass is 19.4. The molecule has 1 heterocycles. The quantitative estimate of drug-likeness (QED) is 0.273. The van der Waals surface area contributed by atoms with Crippen LogP contribution in [0.15, 0.2) is 42.5 Å². The van der Waals surface area contributed by atoms with E-state index in [2.05, 4.69) is 20.6 Å². The first-order valence-electron chi connectivity index (χ1n) is 12.9. The number of carbonyl (C=O) groups excluding carboxylic acids is 1. The topological polar surface area (TPSA) is 107 Å². The summed E-state index contributed by atoms with van der Waals surface area (Å²) < 4.78 is 110. The molecule has 1 aromatic heterocycles. The number of benzene rings is 2. The summed E-state index contributed by atoms with van der Waals surface area (Å²) in [6, 6.07) is 8.11. The third-order valence-corrected chi connectivity index (χ3v) is 6.49. The Bertz CT molecular complexity index is 1450. The van der Waals surface area contributed by atoms with Crippen LogP contribution >= 0.6 is 0 Å². The molecule has 44 heavy (non-hydrogen) atoms. The van der Waals surface area contributed by atoms with Gasteiger partial charge < -0.3 is 20.6 Å². The molecule has 4 rings (SSSR count). The Morgan fingerprint density at radius 3 is 1.80 bits per heavy atom. The number of fused-ring (bicyclic) bond motifs is 1. The number of carbonyl (C=O) groups is 2. The third-order valence-electron chi connectivity index (χ3n) is 6.49. The van der Waals surface area contributed by atoms with Gasteiger partial charge in [0.2, 0.25) is 5.95 Å². The van der Waals surface area contributed by atoms with Crippen LogP contribution in [-0.4, -0.2) is 59.3 Å². The summed E-state index contributed by atoms with van der Waals surface area (Å²) in [5.41, 5.74) is -2.94. The van der Waals surface area contributed by atoms with Crippen LogP contribution in [0.5, 0.6) is 0 Å². The van der Waals surface area contributed by atoms with Gasteiger partial charge in [-0.1, -0.05) is 12.1 Å². The van der Waals surface area contributed by atoms with Gasteiger partial charge in [-0.3, -0.25) is 4.79 Å². The summed E-state index contributed by atoms with van der Waals surface area (Å²) in [6.45, 7) is 0. The Morgan fingerprint density at radius 1 is 0.818 bits per heavy atom. The van der Waals surface area contributed by atoms with Crippen molar-refractivity contribution in [3.05, 3.63) is 59.2 Å². The molecule has 17 heteroatoms. The third kappa shape index (κ3) is 9.09. The first-order valence-corrected chi connectivity index (χ1v) is 12.9. The molecule has 0 unspecified atom stereocenters. The molecule has 2 aromatic carbocycles. The van der Waals surface area contributed by atoms with Crippen molar-refractivity contribution in [3.63, 3.8) is 0 Å². The van der Waals surface area contributed by atoms with Gasteiger partial charge in [-0.25, -0.2) is 9.78 Å². The van der Waals surface area contributed by atoms with Gasteiger partial charge in [0.1, 0.15) is 5.82 Å². The van der Waals surface area contributed by atoms with Gasteiger partial charge in [-0.05, 0) is 56.0 Å². The van der Waals surface area contributed by atoms with E-state index in [9.17, 15) is 44.3 Å². The van der Waals surface area contributed by atoms with Crippen LogP contribution in [0, 0.1) is 0 Å². The summed E-state index contributed by atoms with van der Waals surface area (Å²) in [6.07, 6.45) is -12.9. The molecule has 3 N–H and O–H groups in total. The molecule has 1 aliphatic rings. The fourth-order valence-corrected chi connectivity index (χ4v) is 4.38. The fourth-order valence-electron chi connectivity index (χ4n) is 4.38. The smallest absolute Gasteiger partial charge is 0.475 e. The zero-order valence-corrected chi connectivity index (χ0v) is 23.0. The molecule has 1 aliphatic carbocycles. The van der Waals surface area contributed by atoms with E-state index in [0.29, 0.717) is 43.8 Å². The standard InChI is InChI=1S/C25H25F6N5O.C2HF3O2/c1-36(2)21-19-5-3-4-6-20(19)34-23(35-21)33-18-9-7-17(8-10-18)32-22(37)14-11-15(24(26,27)28)13-16(12-14)25(29,30)31;3-2(4,5)1(6)7/h3-6,11-13,17-18H,7-10H2,1-2H3,(H,32,37)(H,33,34,35);(H,6,7). The zero-order valence-electron chi connectivity index (χ0n) is 23.0. The summed E-state index contributed by atoms with van der Waals surface area (Å²) >= 11 is 0. The molecule has 0 spiro atoms. The summed E-state index contributed by atoms with van der Waals surface area (Å²) in [4.78, 5) is 32.5. The number of aromatic nitrogens is 2. The van der Waals surface area contributed by atoms with E-state index in [0.717, 1.165) is 16.7 Å². The molecule has 240 valence electrons. The minimum atomic E-state index is -5.08. The Kier molecular flexibility index (Phi) is 10.2. The van der Waals surface area contributed by atoms with Crippen molar-refractivity contribution in [1.82, 2.24) is 15.3 Å². The lowest BCUT2D eigenvalue weighted by Crippen LogP contribution is -2.40. The molecule has 1 saturated carbocycles. The first-order chi connectivity index (χ1) is 20.3. The van der Waals surface area contributed by atoms with Crippen molar-refractivity contribution >= 4 is 34.5 Å². The number of alkyl halides is 9. The Hall–Kier alpha value is -4.31. The second-order valence-electron chi connectivity index (χ2n) is 10.0. The van der Waals surface area contributed by atoms with Crippen molar-refractivity contribution < 1.29 is 54.2 Å². The molecule has 0 radical (unpaired) electrons. The number of aliphatic carboxylic acids is 1. The molecule has 8 nitrogen and oxygen atoms in total. The molecule has 0 atom stereocenters. The Morgan fingerprint density at radius 2 is 1.32 bits per heavy atom. The number of carboxylic acids is 1. The van der Waals surface area contributed by atoms with Crippen molar-refractivity contribution in [1.29, 1.82) is 0 Å². The molecule has 1 amide bonds. The number of amides is 1. The van der Waals surface area contributed by atoms with Gasteiger partial charge in [0.05, 0.1) is 16.6 Å². The SMILES string of the molecule is CN(C)c1nc(NC2CCC(NC(=O)c3cc(C(F)(F)F)cc(C(F)(F)F)c3)CC2)nc2ccccc12.O=C(O)C(F)(F)F. The van der Waals surface area contributed by atoms with E-state index in [4.69, 9.17) is 9.90 Å². The van der Waals surface area contributed by atoms with E-state index in [-0.39, 0.29) is 18.2 Å². The summed E-state index contributed by atoms with van der Waals surface area (Å²) in [7, 11) is 3.77. The minimum absolute atomic E-state index is 0.00420. The predicted octanol–water partition coefficient (Wildman–Crippen LogP) is 6.52. The number of hydrogen-bond donors (Lipinski definition) is 3. The number of carboxylic acid groups (broad SMARTS) is 1. The fraction of sp³-hybridized carbons (Fsp3) is 0.407. The van der Waals surface area contributed by atoms with Gasteiger partial charge in [0.25, 0.3) is 5.91 Å². The maximum Gasteiger partial charge on any atom is 0.490 e. The lowest BCUT2D eigenvalue weighted by atomic mass is 9.91. The Labute approximate surface area is 244 Å². The van der Waals surface area contributed by atoms with Gasteiger partial charge in [0, 0.05) is 37.1 Å². The van der Waals surface area contributed by atoms with E-state index >= 15 is 0 Å². The van der Waals surface area contributed by atoms with E-state index < -0.39 is 47.1 Å². The maximum atomic E-state index is 13.1. The average molecular weight is 640 g/mol. The first kappa shape index (κ1) is 34.2. The highest BCUT2D eigenvalue weighted by Crippen LogP contribution is 2.36. The summed E-state index contributed by atoms with van der Waals surface area (Å²) in [5.74, 6) is -2.51. The second kappa shape index (κ2) is 13.1. The number of anilines is 2. The normalized spacial score (nSPS) is 17.3. The van der Waals surface area contributed by atoms with Gasteiger partial charge in [-0.2, -0.15) is 44.5 Å². The van der Waals surface area contributed by atoms with E-state index in [1.54, 1.807) is 0 Å². The van der Waals surface area contributed by atoms with Crippen LogP contribution in [0.25, 0.3) is 10.9 Å². The van der Waals surface area contributed by atoms with Crippen LogP contribution < -0.4 is 15.5 Å². The monoisotopic (exact) mass is 639 g/mol. The van der Waals surface area contributed by atoms with Crippen LogP contribution in [-0.2, 0) is 17.1 Å². The van der Waals surface area contributed by atoms with Gasteiger partial charge in [-0.15, -0.1) is 0 Å². The molecular formula is C27H26F9N5O3. The number of hydrogen-bond acceptors (Lipinski definition) is 6. The van der Waals surface area contributed by atoms with Gasteiger partial charge in [0.15, 0.2) is 0 Å². The van der Waals surface area contributed by atoms with E-state index in [1.807, 2.05) is 43.3 Å². The second-order valence-corrected chi connectivity index (χ2v) is 10.0. The molecule has 0 bridgehead atoms. The highest BCUT2D eigenvalue weighted by molar-refractivity contribution is 5.95. The lowest BCUT2D eigenvalue weighted by Gasteiger charge is -2.30. The molecular weight excluding hydrogens is 613 g/mol. The van der Waals surface area contributed by atoms with Crippen molar-refractivity contribution in [2.45, 2.75) is 56.3 Å². The number of halogens is 9. The predicted molar refractivity (Wildman–Crippen MR) is 141 cm³/mol. The molecule has 0 saturated heterocycles. The number of nitrogens with zero attached hydrogens (tertiary/aromatic N) is 3. The highest BCUT2D eigenvalue weighted by Gasteiger charge is 2.39. The Balaban J connectivity index is 0.000000676. The van der Waals surface area contributed by atoms with E-state index in [1.165, 1.54) is 0 Å². The van der Waals surface area contributed by atoms with Crippen LogP contribution in [0.2, 0.25) is 0 Å². The van der Waals surface area contributed by atoms with Crippen molar-refractivity contribution in [3.8, 4) is 0 Å². The van der Waals surface area contributed by atoms with Gasteiger partial charge >= 0.3 is 24.5 Å². The van der Waals surface area contributed by atoms with Crippen LogP contribution in [0.4, 0.5) is 51.3 Å². The number of rotatable bonds is 5. The maximum absolute atomic E-state index is 13.1. The summed E-state index contributed by atoms with van der Waals surface area (Å²) in [5, 5.41) is 13.9. The minimum Gasteiger partial charge on any atom is -0.475 e. The number of nitrogens with one attached hydrogen (secondary N) is 2. The molecule has 1 fully saturated rings. The van der Waals surface area contributed by atoms with Crippen molar-refractivity contribution in [2.24, 2.45) is 0 Å². The number of para-hydroxylation sites is 1. The van der Waals surface area contributed by atoms with Crippen LogP contribution in [0.1, 0.15) is 47.2 Å². The lowest BCUT2D eigenvalue weighted by molar-refractivity contribution is -0.192. The van der Waals surface area contributed by atoms with Crippen LogP contribution in [0.3, 0.4) is 0 Å². The molecule has 0 aliphatic heterocycles. The van der Waals surface area contributed by atoms with Crippen molar-refractivity contribution in [2.75, 3.05) is 24.3 Å².